The van der Waals surface area contributed by atoms with Gasteiger partial charge in [-0.25, -0.2) is 0 Å². The van der Waals surface area contributed by atoms with E-state index in [1.165, 1.54) is 0 Å². The van der Waals surface area contributed by atoms with Crippen LogP contribution in [0.4, 0.5) is 0 Å². The number of aliphatic hydroxyl groups excluding tert-OH is 1. The summed E-state index contributed by atoms with van der Waals surface area (Å²) in [5.41, 5.74) is 0.580. The molecule has 1 heterocycles. The van der Waals surface area contributed by atoms with Crippen LogP contribution in [0.25, 0.3) is 0 Å². The van der Waals surface area contributed by atoms with Crippen molar-refractivity contribution in [3.63, 3.8) is 0 Å². The van der Waals surface area contributed by atoms with Gasteiger partial charge < -0.3 is 19.5 Å². The number of hydrogen-bond donors (Lipinski definition) is 1. The lowest BCUT2D eigenvalue weighted by molar-refractivity contribution is 0.0692. The zero-order valence-corrected chi connectivity index (χ0v) is 11.3. The van der Waals surface area contributed by atoms with Crippen LogP contribution >= 0.6 is 0 Å². The van der Waals surface area contributed by atoms with Gasteiger partial charge in [0, 0.05) is 24.8 Å². The van der Waals surface area contributed by atoms with Gasteiger partial charge in [0.05, 0.1) is 0 Å². The van der Waals surface area contributed by atoms with E-state index in [9.17, 15) is 4.79 Å². The third kappa shape index (κ3) is 2.98. The summed E-state index contributed by atoms with van der Waals surface area (Å²) >= 11 is 0. The van der Waals surface area contributed by atoms with Gasteiger partial charge in [-0.15, -0.1) is 0 Å². The van der Waals surface area contributed by atoms with Crippen LogP contribution < -0.4 is 9.47 Å². The average Bonchev–Trinajstić information content (AvgIpc) is 2.85. The molecule has 0 unspecified atom stereocenters. The Bertz CT molecular complexity index is 459. The van der Waals surface area contributed by atoms with Gasteiger partial charge in [-0.05, 0) is 38.5 Å². The molecular formula is C14H19NO4. The Kier molecular flexibility index (Phi) is 4.27. The van der Waals surface area contributed by atoms with Crippen LogP contribution in [0, 0.1) is 0 Å². The van der Waals surface area contributed by atoms with Crippen LogP contribution in [0.5, 0.6) is 11.5 Å². The lowest BCUT2D eigenvalue weighted by Crippen LogP contribution is -2.38. The largest absolute Gasteiger partial charge is 0.454 e. The van der Waals surface area contributed by atoms with Crippen LogP contribution in [-0.4, -0.2) is 41.9 Å². The molecule has 0 atom stereocenters. The molecule has 1 aliphatic rings. The van der Waals surface area contributed by atoms with Crippen LogP contribution in [0.2, 0.25) is 0 Å². The fraction of sp³-hybridized carbons (Fsp3) is 0.500. The van der Waals surface area contributed by atoms with Gasteiger partial charge in [-0.1, -0.05) is 0 Å². The van der Waals surface area contributed by atoms with E-state index in [0.29, 0.717) is 30.0 Å². The quantitative estimate of drug-likeness (QED) is 0.879. The lowest BCUT2D eigenvalue weighted by Gasteiger charge is -2.26. The second-order valence-corrected chi connectivity index (χ2v) is 4.74. The number of rotatable bonds is 5. The normalized spacial score (nSPS) is 12.8. The summed E-state index contributed by atoms with van der Waals surface area (Å²) in [5.74, 6) is 1.22. The van der Waals surface area contributed by atoms with Crippen LogP contribution in [0.1, 0.15) is 30.6 Å². The molecule has 0 bridgehead atoms. The average molecular weight is 265 g/mol. The minimum atomic E-state index is -0.0539. The lowest BCUT2D eigenvalue weighted by atomic mass is 10.1. The summed E-state index contributed by atoms with van der Waals surface area (Å²) in [6, 6.07) is 5.29. The molecule has 0 saturated carbocycles. The first-order valence-electron chi connectivity index (χ1n) is 6.45. The molecule has 0 saturated heterocycles. The molecule has 1 aliphatic heterocycles. The van der Waals surface area contributed by atoms with E-state index in [4.69, 9.17) is 14.6 Å². The summed E-state index contributed by atoms with van der Waals surface area (Å²) in [6.45, 7) is 4.75. The first kappa shape index (κ1) is 13.7. The van der Waals surface area contributed by atoms with Gasteiger partial charge in [-0.3, -0.25) is 4.79 Å². The van der Waals surface area contributed by atoms with Gasteiger partial charge in [0.25, 0.3) is 5.91 Å². The van der Waals surface area contributed by atoms with E-state index in [0.717, 1.165) is 0 Å². The first-order chi connectivity index (χ1) is 9.13. The minimum Gasteiger partial charge on any atom is -0.454 e. The Labute approximate surface area is 112 Å². The molecule has 104 valence electrons. The topological polar surface area (TPSA) is 59.0 Å². The molecule has 0 fully saturated rings. The molecule has 2 rings (SSSR count). The molecule has 0 radical (unpaired) electrons. The molecule has 5 heteroatoms. The molecule has 1 N–H and O–H groups in total. The smallest absolute Gasteiger partial charge is 0.254 e. The van der Waals surface area contributed by atoms with E-state index >= 15 is 0 Å². The molecule has 0 aromatic heterocycles. The van der Waals surface area contributed by atoms with E-state index in [1.54, 1.807) is 23.1 Å². The minimum absolute atomic E-state index is 0.0539. The number of aliphatic hydroxyl groups is 1. The second kappa shape index (κ2) is 5.93. The Morgan fingerprint density at radius 2 is 2.11 bits per heavy atom. The number of amides is 1. The maximum absolute atomic E-state index is 12.4. The fourth-order valence-corrected chi connectivity index (χ4v) is 2.03. The number of carbonyl (C=O) groups is 1. The number of carbonyl (C=O) groups excluding carboxylic acids is 1. The van der Waals surface area contributed by atoms with Gasteiger partial charge in [0.2, 0.25) is 6.79 Å². The molecule has 5 nitrogen and oxygen atoms in total. The van der Waals surface area contributed by atoms with Crippen molar-refractivity contribution in [3.05, 3.63) is 23.8 Å². The predicted octanol–water partition coefficient (Wildman–Crippen LogP) is 1.65. The highest BCUT2D eigenvalue weighted by atomic mass is 16.7. The number of fused-ring (bicyclic) bond motifs is 1. The summed E-state index contributed by atoms with van der Waals surface area (Å²) in [6.07, 6.45) is 0.578. The second-order valence-electron chi connectivity index (χ2n) is 4.74. The van der Waals surface area contributed by atoms with Crippen LogP contribution in [0.3, 0.4) is 0 Å². The highest BCUT2D eigenvalue weighted by Crippen LogP contribution is 2.32. The van der Waals surface area contributed by atoms with Crippen molar-refractivity contribution in [1.82, 2.24) is 4.90 Å². The van der Waals surface area contributed by atoms with Crippen molar-refractivity contribution in [1.29, 1.82) is 0 Å². The summed E-state index contributed by atoms with van der Waals surface area (Å²) < 4.78 is 10.5. The Balaban J connectivity index is 2.16. The van der Waals surface area contributed by atoms with E-state index in [2.05, 4.69) is 0 Å². The third-order valence-electron chi connectivity index (χ3n) is 3.06. The third-order valence-corrected chi connectivity index (χ3v) is 3.06. The predicted molar refractivity (Wildman–Crippen MR) is 70.4 cm³/mol. The Hall–Kier alpha value is -1.75. The van der Waals surface area contributed by atoms with E-state index in [-0.39, 0.29) is 25.3 Å². The number of benzene rings is 1. The number of ether oxygens (including phenoxy) is 2. The molecule has 0 aliphatic carbocycles. The molecule has 0 spiro atoms. The monoisotopic (exact) mass is 265 g/mol. The van der Waals surface area contributed by atoms with Gasteiger partial charge >= 0.3 is 0 Å². The Morgan fingerprint density at radius 1 is 1.37 bits per heavy atom. The number of nitrogens with zero attached hydrogens (tertiary/aromatic N) is 1. The van der Waals surface area contributed by atoms with Crippen molar-refractivity contribution in [2.75, 3.05) is 19.9 Å². The Morgan fingerprint density at radius 3 is 2.79 bits per heavy atom. The van der Waals surface area contributed by atoms with E-state index in [1.807, 2.05) is 13.8 Å². The van der Waals surface area contributed by atoms with Crippen LogP contribution in [-0.2, 0) is 0 Å². The van der Waals surface area contributed by atoms with Gasteiger partial charge in [0.15, 0.2) is 11.5 Å². The van der Waals surface area contributed by atoms with Gasteiger partial charge in [0.1, 0.15) is 0 Å². The fourth-order valence-electron chi connectivity index (χ4n) is 2.03. The van der Waals surface area contributed by atoms with Crippen LogP contribution in [0.15, 0.2) is 18.2 Å². The summed E-state index contributed by atoms with van der Waals surface area (Å²) in [5, 5.41) is 8.90. The number of hydrogen-bond acceptors (Lipinski definition) is 4. The summed E-state index contributed by atoms with van der Waals surface area (Å²) in [4.78, 5) is 14.2. The highest BCUT2D eigenvalue weighted by Gasteiger charge is 2.21. The summed E-state index contributed by atoms with van der Waals surface area (Å²) in [7, 11) is 0. The van der Waals surface area contributed by atoms with Gasteiger partial charge in [-0.2, -0.15) is 0 Å². The SMILES string of the molecule is CC(C)N(CCCO)C(=O)c1ccc2c(c1)OCO2. The van der Waals surface area contributed by atoms with Crippen molar-refractivity contribution in [2.45, 2.75) is 26.3 Å². The first-order valence-corrected chi connectivity index (χ1v) is 6.45. The van der Waals surface area contributed by atoms with Crippen molar-refractivity contribution < 1.29 is 19.4 Å². The van der Waals surface area contributed by atoms with E-state index < -0.39 is 0 Å². The standard InChI is InChI=1S/C14H19NO4/c1-10(2)15(6-3-7-16)14(17)11-4-5-12-13(8-11)19-9-18-12/h4-5,8,10,16H,3,6-7,9H2,1-2H3. The highest BCUT2D eigenvalue weighted by molar-refractivity contribution is 5.95. The van der Waals surface area contributed by atoms with Crippen molar-refractivity contribution in [2.24, 2.45) is 0 Å². The molecular weight excluding hydrogens is 246 g/mol. The molecule has 1 amide bonds. The molecule has 1 aromatic rings. The van der Waals surface area contributed by atoms with Crippen molar-refractivity contribution >= 4 is 5.91 Å². The zero-order valence-electron chi connectivity index (χ0n) is 11.3. The zero-order chi connectivity index (χ0) is 13.8. The molecule has 1 aromatic carbocycles. The van der Waals surface area contributed by atoms with Crippen molar-refractivity contribution in [3.8, 4) is 11.5 Å². The maximum atomic E-state index is 12.4. The maximum Gasteiger partial charge on any atom is 0.254 e. The molecule has 19 heavy (non-hydrogen) atoms.